The number of amides is 1. The van der Waals surface area contributed by atoms with Crippen LogP contribution in [-0.2, 0) is 9.53 Å². The Kier molecular flexibility index (Phi) is 6.36. The fourth-order valence-corrected chi connectivity index (χ4v) is 1.50. The number of benzene rings is 1. The number of carbonyl (C=O) groups excluding carboxylic acids is 2. The number of carbonyl (C=O) groups is 2. The molecule has 0 aliphatic rings. The first-order chi connectivity index (χ1) is 9.13. The molecular weight excluding hydrogens is 242 g/mol. The second kappa shape index (κ2) is 8.08. The Labute approximate surface area is 113 Å². The zero-order chi connectivity index (χ0) is 14.1. The van der Waals surface area contributed by atoms with Crippen LogP contribution in [0.2, 0.25) is 0 Å². The van der Waals surface area contributed by atoms with Crippen LogP contribution < -0.4 is 5.32 Å². The molecule has 19 heavy (non-hydrogen) atoms. The minimum atomic E-state index is -0.302. The van der Waals surface area contributed by atoms with Gasteiger partial charge in [0.1, 0.15) is 0 Å². The van der Waals surface area contributed by atoms with E-state index in [1.54, 1.807) is 19.1 Å². The molecule has 0 saturated carbocycles. The maximum Gasteiger partial charge on any atom is 0.338 e. The minimum absolute atomic E-state index is 0.0211. The van der Waals surface area contributed by atoms with Gasteiger partial charge in [-0.1, -0.05) is 24.3 Å². The van der Waals surface area contributed by atoms with Crippen LogP contribution in [0.1, 0.15) is 36.2 Å². The molecule has 0 heterocycles. The van der Waals surface area contributed by atoms with Gasteiger partial charge in [-0.3, -0.25) is 4.79 Å². The Balaban J connectivity index is 2.45. The van der Waals surface area contributed by atoms with Gasteiger partial charge in [0.05, 0.1) is 12.2 Å². The highest BCUT2D eigenvalue weighted by atomic mass is 16.5. The van der Waals surface area contributed by atoms with E-state index in [9.17, 15) is 9.59 Å². The molecule has 0 radical (unpaired) electrons. The van der Waals surface area contributed by atoms with E-state index < -0.39 is 0 Å². The Bertz CT molecular complexity index is 449. The molecule has 1 aromatic rings. The summed E-state index contributed by atoms with van der Waals surface area (Å²) in [6.07, 6.45) is 4.71. The maximum absolute atomic E-state index is 11.4. The number of esters is 1. The highest BCUT2D eigenvalue weighted by Gasteiger charge is 2.04. The highest BCUT2D eigenvalue weighted by Crippen LogP contribution is 2.08. The molecule has 1 N–H and O–H groups in total. The molecule has 0 aliphatic carbocycles. The van der Waals surface area contributed by atoms with Gasteiger partial charge in [0.2, 0.25) is 5.91 Å². The lowest BCUT2D eigenvalue weighted by atomic mass is 10.1. The van der Waals surface area contributed by atoms with Crippen molar-refractivity contribution in [3.63, 3.8) is 0 Å². The summed E-state index contributed by atoms with van der Waals surface area (Å²) in [7, 11) is 0. The average molecular weight is 261 g/mol. The molecule has 0 unspecified atom stereocenters. The van der Waals surface area contributed by atoms with E-state index in [0.29, 0.717) is 18.7 Å². The van der Waals surface area contributed by atoms with Gasteiger partial charge in [0.15, 0.2) is 0 Å². The molecule has 1 amide bonds. The molecule has 0 atom stereocenters. The van der Waals surface area contributed by atoms with Gasteiger partial charge < -0.3 is 10.1 Å². The number of hydrogen-bond donors (Lipinski definition) is 1. The largest absolute Gasteiger partial charge is 0.462 e. The van der Waals surface area contributed by atoms with Crippen LogP contribution in [0.15, 0.2) is 30.3 Å². The summed E-state index contributed by atoms with van der Waals surface area (Å²) in [5, 5.41) is 2.72. The van der Waals surface area contributed by atoms with Gasteiger partial charge in [-0.05, 0) is 31.0 Å². The van der Waals surface area contributed by atoms with Crippen LogP contribution in [0.5, 0.6) is 0 Å². The van der Waals surface area contributed by atoms with Gasteiger partial charge in [-0.2, -0.15) is 0 Å². The molecule has 102 valence electrons. The third kappa shape index (κ3) is 5.86. The van der Waals surface area contributed by atoms with Crippen LogP contribution >= 0.6 is 0 Å². The topological polar surface area (TPSA) is 55.4 Å². The lowest BCUT2D eigenvalue weighted by Crippen LogP contribution is -2.20. The van der Waals surface area contributed by atoms with E-state index in [-0.39, 0.29) is 11.9 Å². The van der Waals surface area contributed by atoms with E-state index in [1.165, 1.54) is 6.92 Å². The zero-order valence-electron chi connectivity index (χ0n) is 11.3. The first-order valence-corrected chi connectivity index (χ1v) is 6.31. The van der Waals surface area contributed by atoms with E-state index in [1.807, 2.05) is 24.3 Å². The number of rotatable bonds is 6. The molecule has 0 aliphatic heterocycles. The van der Waals surface area contributed by atoms with Gasteiger partial charge >= 0.3 is 5.97 Å². The highest BCUT2D eigenvalue weighted by molar-refractivity contribution is 5.89. The van der Waals surface area contributed by atoms with Crippen LogP contribution in [0.3, 0.4) is 0 Å². The first-order valence-electron chi connectivity index (χ1n) is 6.31. The lowest BCUT2D eigenvalue weighted by Gasteiger charge is -2.01. The van der Waals surface area contributed by atoms with E-state index in [4.69, 9.17) is 4.74 Å². The molecule has 4 nitrogen and oxygen atoms in total. The normalized spacial score (nSPS) is 10.4. The van der Waals surface area contributed by atoms with Crippen LogP contribution in [-0.4, -0.2) is 25.0 Å². The first kappa shape index (κ1) is 15.0. The number of nitrogens with one attached hydrogen (secondary N) is 1. The molecule has 1 rings (SSSR count). The third-order valence-electron chi connectivity index (χ3n) is 2.42. The summed E-state index contributed by atoms with van der Waals surface area (Å²) >= 11 is 0. The van der Waals surface area contributed by atoms with E-state index in [0.717, 1.165) is 12.0 Å². The van der Waals surface area contributed by atoms with Gasteiger partial charge in [0.25, 0.3) is 0 Å². The quantitative estimate of drug-likeness (QED) is 0.632. The zero-order valence-corrected chi connectivity index (χ0v) is 11.3. The van der Waals surface area contributed by atoms with Crippen LogP contribution in [0.4, 0.5) is 0 Å². The second-order valence-corrected chi connectivity index (χ2v) is 4.02. The van der Waals surface area contributed by atoms with Crippen molar-refractivity contribution in [1.29, 1.82) is 0 Å². The smallest absolute Gasteiger partial charge is 0.338 e. The predicted octanol–water partition coefficient (Wildman–Crippen LogP) is 2.40. The third-order valence-corrected chi connectivity index (χ3v) is 2.42. The van der Waals surface area contributed by atoms with Crippen molar-refractivity contribution in [2.24, 2.45) is 0 Å². The van der Waals surface area contributed by atoms with Crippen molar-refractivity contribution >= 4 is 18.0 Å². The summed E-state index contributed by atoms with van der Waals surface area (Å²) in [5.74, 6) is -0.323. The van der Waals surface area contributed by atoms with Crippen LogP contribution in [0.25, 0.3) is 6.08 Å². The van der Waals surface area contributed by atoms with Crippen molar-refractivity contribution in [1.82, 2.24) is 5.32 Å². The molecule has 1 aromatic carbocycles. The number of hydrogen-bond acceptors (Lipinski definition) is 3. The molecule has 0 bridgehead atoms. The van der Waals surface area contributed by atoms with Crippen molar-refractivity contribution in [2.75, 3.05) is 13.2 Å². The molecule has 0 saturated heterocycles. The summed E-state index contributed by atoms with van der Waals surface area (Å²) in [4.78, 5) is 22.1. The predicted molar refractivity (Wildman–Crippen MR) is 74.7 cm³/mol. The van der Waals surface area contributed by atoms with Gasteiger partial charge in [0, 0.05) is 13.5 Å². The summed E-state index contributed by atoms with van der Waals surface area (Å²) < 4.78 is 4.91. The fourth-order valence-electron chi connectivity index (χ4n) is 1.50. The molecule has 0 spiro atoms. The Morgan fingerprint density at radius 1 is 1.26 bits per heavy atom. The molecule has 0 aromatic heterocycles. The Morgan fingerprint density at radius 3 is 2.53 bits per heavy atom. The molecular formula is C15H19NO3. The average Bonchev–Trinajstić information content (AvgIpc) is 2.39. The fraction of sp³-hybridized carbons (Fsp3) is 0.333. The second-order valence-electron chi connectivity index (χ2n) is 4.02. The van der Waals surface area contributed by atoms with Crippen molar-refractivity contribution in [3.05, 3.63) is 41.5 Å². The monoisotopic (exact) mass is 261 g/mol. The van der Waals surface area contributed by atoms with Crippen molar-refractivity contribution in [2.45, 2.75) is 20.3 Å². The maximum atomic E-state index is 11.4. The standard InChI is InChI=1S/C15H19NO3/c1-3-19-15(18)14-9-7-13(8-10-14)6-4-5-11-16-12(2)17/h4,6-10H,3,5,11H2,1-2H3,(H,16,17). The SMILES string of the molecule is CCOC(=O)c1ccc(C=CCCNC(C)=O)cc1. The minimum Gasteiger partial charge on any atom is -0.462 e. The van der Waals surface area contributed by atoms with Crippen molar-refractivity contribution in [3.8, 4) is 0 Å². The van der Waals surface area contributed by atoms with Gasteiger partial charge in [-0.15, -0.1) is 0 Å². The molecule has 0 fully saturated rings. The summed E-state index contributed by atoms with van der Waals surface area (Å²) in [6, 6.07) is 7.21. The number of ether oxygens (including phenoxy) is 1. The van der Waals surface area contributed by atoms with Crippen LogP contribution in [0, 0.1) is 0 Å². The van der Waals surface area contributed by atoms with Gasteiger partial charge in [-0.25, -0.2) is 4.79 Å². The van der Waals surface area contributed by atoms with E-state index in [2.05, 4.69) is 5.32 Å². The Morgan fingerprint density at radius 2 is 1.95 bits per heavy atom. The van der Waals surface area contributed by atoms with E-state index >= 15 is 0 Å². The Hall–Kier alpha value is -2.10. The van der Waals surface area contributed by atoms with Crippen molar-refractivity contribution < 1.29 is 14.3 Å². The summed E-state index contributed by atoms with van der Waals surface area (Å²) in [6.45, 7) is 4.29. The molecule has 4 heteroatoms. The summed E-state index contributed by atoms with van der Waals surface area (Å²) in [5.41, 5.74) is 1.56. The lowest BCUT2D eigenvalue weighted by molar-refractivity contribution is -0.118.